The van der Waals surface area contributed by atoms with Crippen LogP contribution in [0.3, 0.4) is 0 Å². The number of hydrogen-bond acceptors (Lipinski definition) is 0. The Morgan fingerprint density at radius 2 is 0.654 bits per heavy atom. The van der Waals surface area contributed by atoms with Gasteiger partial charge in [-0.1, -0.05) is 26.2 Å². The molecule has 2 fully saturated rings. The molecule has 0 unspecified atom stereocenters. The van der Waals surface area contributed by atoms with Crippen molar-refractivity contribution in [2.75, 3.05) is 0 Å². The summed E-state index contributed by atoms with van der Waals surface area (Å²) < 4.78 is 30.0. The number of hydrogen-bond donors (Lipinski definition) is 0. The van der Waals surface area contributed by atoms with Gasteiger partial charge in [-0.25, -0.2) is 0 Å². The molecule has 0 aromatic heterocycles. The Hall–Kier alpha value is 0.433. The van der Waals surface area contributed by atoms with Crippen molar-refractivity contribution in [1.82, 2.24) is 0 Å². The van der Waals surface area contributed by atoms with Gasteiger partial charge in [-0.05, 0) is 62.4 Å². The standard InChI is InChI=1S/2C7H10Si.4CO.2Fe/c2*1-8(2)7-5-3-4-6-7;4*1-2;;/h2*3-6H,1-2H3;;;;;;. The van der Waals surface area contributed by atoms with E-state index in [9.17, 15) is 0 Å². The van der Waals surface area contributed by atoms with Crippen LogP contribution in [0.4, 0.5) is 0 Å². The monoisotopic (exact) mass is 468 g/mol. The molecule has 26 heavy (non-hydrogen) atoms. The molecule has 2 aliphatic carbocycles. The second-order valence-corrected chi connectivity index (χ2v) is 9.50. The van der Waals surface area contributed by atoms with Gasteiger partial charge in [0, 0.05) is 51.7 Å². The first kappa shape index (κ1) is 41.0. The molecule has 2 saturated carbocycles. The van der Waals surface area contributed by atoms with Crippen LogP contribution in [0.1, 0.15) is 0 Å². The van der Waals surface area contributed by atoms with Crippen molar-refractivity contribution in [2.45, 2.75) is 26.2 Å². The normalized spacial score (nSPS) is 14.4. The van der Waals surface area contributed by atoms with Crippen molar-refractivity contribution in [3.63, 3.8) is 0 Å². The summed E-state index contributed by atoms with van der Waals surface area (Å²) in [6, 6.07) is 0. The van der Waals surface area contributed by atoms with Gasteiger partial charge < -0.3 is 0 Å². The summed E-state index contributed by atoms with van der Waals surface area (Å²) in [6.07, 6.45) is 17.2. The van der Waals surface area contributed by atoms with Gasteiger partial charge in [0.25, 0.3) is 0 Å². The van der Waals surface area contributed by atoms with Gasteiger partial charge in [-0.3, -0.25) is 0 Å². The molecule has 8 heteroatoms. The number of rotatable bonds is 2. The summed E-state index contributed by atoms with van der Waals surface area (Å²) in [6.45, 7) is 27.2. The van der Waals surface area contributed by atoms with Crippen LogP contribution in [-0.2, 0) is 52.7 Å². The third kappa shape index (κ3) is 26.7. The molecule has 0 atom stereocenters. The molecule has 4 nitrogen and oxygen atoms in total. The van der Waals surface area contributed by atoms with E-state index in [1.807, 2.05) is 0 Å². The van der Waals surface area contributed by atoms with Crippen molar-refractivity contribution in [3.05, 3.63) is 89.1 Å². The fourth-order valence-electron chi connectivity index (χ4n) is 1.41. The van der Waals surface area contributed by atoms with Crippen molar-refractivity contribution >= 4 is 17.6 Å². The maximum Gasteiger partial charge on any atom is 0 e. The molecule has 2 rings (SSSR count). The van der Waals surface area contributed by atoms with E-state index in [-0.39, 0.29) is 51.7 Å². The van der Waals surface area contributed by atoms with Crippen molar-refractivity contribution in [1.29, 1.82) is 0 Å². The summed E-state index contributed by atoms with van der Waals surface area (Å²) >= 11 is 0. The molecule has 12 radical (unpaired) electrons. The van der Waals surface area contributed by atoms with E-state index in [2.05, 4.69) is 104 Å². The molecule has 0 aliphatic heterocycles. The Morgan fingerprint density at radius 1 is 0.500 bits per heavy atom. The predicted octanol–water partition coefficient (Wildman–Crippen LogP) is 3.22. The Balaban J connectivity index is -0.0000000528. The minimum atomic E-state index is -0.169. The third-order valence-corrected chi connectivity index (χ3v) is 5.46. The van der Waals surface area contributed by atoms with Gasteiger partial charge in [0.05, 0.1) is 0 Å². The van der Waals surface area contributed by atoms with Gasteiger partial charge >= 0.3 is 45.2 Å². The molecule has 0 spiro atoms. The van der Waals surface area contributed by atoms with Crippen LogP contribution >= 0.6 is 0 Å². The quantitative estimate of drug-likeness (QED) is 0.339. The molecule has 140 valence electrons. The van der Waals surface area contributed by atoms with Crippen LogP contribution in [0.2, 0.25) is 26.2 Å². The first-order valence-electron chi connectivity index (χ1n) is 6.47. The SMILES string of the molecule is C[Si](C)[C]1[CH][CH][CH][CH]1.C[Si](C)[C]1[CH][CH][CH][CH]1.[C-]#[O+].[C-]#[O+].[C-]#[O+].[C-]#[O+].[Fe].[Fe]. The summed E-state index contributed by atoms with van der Waals surface area (Å²) in [5.74, 6) is 0. The summed E-state index contributed by atoms with van der Waals surface area (Å²) in [7, 11) is -0.338. The summed E-state index contributed by atoms with van der Waals surface area (Å²) in [4.78, 5) is 0. The maximum absolute atomic E-state index is 7.50. The van der Waals surface area contributed by atoms with Crippen molar-refractivity contribution < 1.29 is 52.7 Å². The van der Waals surface area contributed by atoms with Crippen LogP contribution < -0.4 is 0 Å². The molecular weight excluding hydrogens is 448 g/mol. The third-order valence-electron chi connectivity index (χ3n) is 2.48. The molecule has 0 saturated heterocycles. The van der Waals surface area contributed by atoms with E-state index >= 15 is 0 Å². The second-order valence-electron chi connectivity index (χ2n) is 4.35. The van der Waals surface area contributed by atoms with Crippen LogP contribution in [0.25, 0.3) is 0 Å². The minimum absolute atomic E-state index is 0. The van der Waals surface area contributed by atoms with Crippen LogP contribution in [0.5, 0.6) is 0 Å². The molecule has 0 heterocycles. The fraction of sp³-hybridized carbons (Fsp3) is 0.222. The second kappa shape index (κ2) is 36.4. The molecule has 2 aliphatic rings. The Kier molecular flexibility index (Phi) is 57.3. The van der Waals surface area contributed by atoms with Crippen LogP contribution in [0.15, 0.2) is 0 Å². The topological polar surface area (TPSA) is 79.6 Å². The minimum Gasteiger partial charge on any atom is 0 e. The first-order chi connectivity index (χ1) is 11.6. The summed E-state index contributed by atoms with van der Waals surface area (Å²) in [5, 5.41) is 0. The smallest absolute Gasteiger partial charge is 0 e. The molecule has 0 aromatic rings. The molecule has 0 amide bonds. The zero-order chi connectivity index (χ0) is 20.0. The Bertz CT molecular complexity index is 276. The largest absolute Gasteiger partial charge is 0 e. The molecule has 0 bridgehead atoms. The van der Waals surface area contributed by atoms with Crippen molar-refractivity contribution in [2.24, 2.45) is 0 Å². The summed E-state index contributed by atoms with van der Waals surface area (Å²) in [5.41, 5.74) is 3.07. The zero-order valence-electron chi connectivity index (χ0n) is 15.0. The van der Waals surface area contributed by atoms with Gasteiger partial charge in [-0.2, -0.15) is 0 Å². The average Bonchev–Trinajstić information content (AvgIpc) is 3.36. The van der Waals surface area contributed by atoms with E-state index in [0.717, 1.165) is 0 Å². The maximum atomic E-state index is 7.50. The van der Waals surface area contributed by atoms with E-state index in [1.54, 1.807) is 0 Å². The zero-order valence-corrected chi connectivity index (χ0v) is 19.2. The van der Waals surface area contributed by atoms with Crippen LogP contribution in [0, 0.1) is 89.1 Å². The van der Waals surface area contributed by atoms with E-state index in [0.29, 0.717) is 0 Å². The Morgan fingerprint density at radius 3 is 0.731 bits per heavy atom. The average molecular weight is 468 g/mol. The van der Waals surface area contributed by atoms with Crippen LogP contribution in [-0.4, -0.2) is 17.6 Å². The predicted molar refractivity (Wildman–Crippen MR) is 91.6 cm³/mol. The van der Waals surface area contributed by atoms with Gasteiger partial charge in [-0.15, -0.1) is 0 Å². The molecule has 0 N–H and O–H groups in total. The van der Waals surface area contributed by atoms with Gasteiger partial charge in [0.2, 0.25) is 0 Å². The van der Waals surface area contributed by atoms with E-state index < -0.39 is 0 Å². The molecular formula is C18H20Fe2O4Si2. The van der Waals surface area contributed by atoms with E-state index in [1.165, 1.54) is 11.1 Å². The first-order valence-corrected chi connectivity index (χ1v) is 11.5. The van der Waals surface area contributed by atoms with E-state index in [4.69, 9.17) is 18.6 Å². The van der Waals surface area contributed by atoms with Crippen molar-refractivity contribution in [3.8, 4) is 0 Å². The Labute approximate surface area is 185 Å². The van der Waals surface area contributed by atoms with Gasteiger partial charge in [0.15, 0.2) is 0 Å². The van der Waals surface area contributed by atoms with Gasteiger partial charge in [0.1, 0.15) is 0 Å². The molecule has 0 aromatic carbocycles. The fourth-order valence-corrected chi connectivity index (χ4v) is 3.13.